The lowest BCUT2D eigenvalue weighted by molar-refractivity contribution is 0.542. The van der Waals surface area contributed by atoms with Crippen LogP contribution < -0.4 is 5.32 Å². The second-order valence-corrected chi connectivity index (χ2v) is 3.52. The number of hydrogen-bond acceptors (Lipinski definition) is 1. The van der Waals surface area contributed by atoms with Gasteiger partial charge in [0.1, 0.15) is 0 Å². The summed E-state index contributed by atoms with van der Waals surface area (Å²) in [6.07, 6.45) is 4.99. The molecule has 0 heterocycles. The van der Waals surface area contributed by atoms with E-state index >= 15 is 0 Å². The Kier molecular flexibility index (Phi) is 8.27. The summed E-state index contributed by atoms with van der Waals surface area (Å²) in [5, 5.41) is 3.00. The van der Waals surface area contributed by atoms with Gasteiger partial charge < -0.3 is 5.32 Å². The first-order valence-electron chi connectivity index (χ1n) is 4.87. The Morgan fingerprint density at radius 2 is 1.92 bits per heavy atom. The molecule has 0 aromatic rings. The van der Waals surface area contributed by atoms with Crippen molar-refractivity contribution in [3.63, 3.8) is 0 Å². The van der Waals surface area contributed by atoms with Crippen molar-refractivity contribution in [1.29, 1.82) is 0 Å². The maximum atomic E-state index is 3.15. The van der Waals surface area contributed by atoms with Crippen LogP contribution in [0, 0.1) is 17.8 Å². The Balaban J connectivity index is 3.06. The van der Waals surface area contributed by atoms with E-state index in [1.165, 1.54) is 19.3 Å². The zero-order valence-corrected chi connectivity index (χ0v) is 8.61. The predicted octanol–water partition coefficient (Wildman–Crippen LogP) is 2.43. The minimum absolute atomic E-state index is 0.824. The number of unbranched alkanes of at least 4 members (excludes halogenated alkanes) is 2. The Labute approximate surface area is 76.9 Å². The lowest BCUT2D eigenvalue weighted by Crippen LogP contribution is -2.04. The second-order valence-electron chi connectivity index (χ2n) is 3.52. The summed E-state index contributed by atoms with van der Waals surface area (Å²) in [6, 6.07) is 0. The first kappa shape index (κ1) is 11.5. The maximum absolute atomic E-state index is 3.15. The topological polar surface area (TPSA) is 12.0 Å². The molecule has 0 rings (SSSR count). The highest BCUT2D eigenvalue weighted by molar-refractivity contribution is 5.00. The minimum Gasteiger partial charge on any atom is -0.309 e. The molecule has 1 heteroatoms. The number of rotatable bonds is 5. The van der Waals surface area contributed by atoms with Crippen LogP contribution in [0.3, 0.4) is 0 Å². The summed E-state index contributed by atoms with van der Waals surface area (Å²) in [5.74, 6) is 7.05. The second kappa shape index (κ2) is 8.62. The van der Waals surface area contributed by atoms with E-state index in [0.29, 0.717) is 0 Å². The molecule has 0 atom stereocenters. The third-order valence-corrected chi connectivity index (χ3v) is 1.72. The van der Waals surface area contributed by atoms with E-state index < -0.39 is 0 Å². The van der Waals surface area contributed by atoms with Crippen LogP contribution in [0.4, 0.5) is 0 Å². The molecule has 0 aliphatic rings. The highest BCUT2D eigenvalue weighted by Crippen LogP contribution is 2.06. The van der Waals surface area contributed by atoms with Gasteiger partial charge in [0.15, 0.2) is 0 Å². The van der Waals surface area contributed by atoms with Crippen LogP contribution in [0.15, 0.2) is 0 Å². The normalized spacial score (nSPS) is 9.67. The average Bonchev–Trinajstić information content (AvgIpc) is 2.02. The molecule has 0 aromatic heterocycles. The highest BCUT2D eigenvalue weighted by Gasteiger charge is 1.91. The Hall–Kier alpha value is -0.480. The van der Waals surface area contributed by atoms with Crippen molar-refractivity contribution in [2.24, 2.45) is 5.92 Å². The van der Waals surface area contributed by atoms with Gasteiger partial charge in [0.25, 0.3) is 0 Å². The van der Waals surface area contributed by atoms with Gasteiger partial charge in [-0.3, -0.25) is 0 Å². The molecule has 0 bridgehead atoms. The smallest absolute Gasteiger partial charge is 0.0574 e. The molecule has 0 radical (unpaired) electrons. The fraction of sp³-hybridized carbons (Fsp3) is 0.818. The van der Waals surface area contributed by atoms with E-state index in [0.717, 1.165) is 18.9 Å². The summed E-state index contributed by atoms with van der Waals surface area (Å²) in [7, 11) is 1.92. The van der Waals surface area contributed by atoms with Gasteiger partial charge in [-0.25, -0.2) is 0 Å². The van der Waals surface area contributed by atoms with Crippen LogP contribution in [-0.2, 0) is 0 Å². The first-order chi connectivity index (χ1) is 5.77. The highest BCUT2D eigenvalue weighted by atomic mass is 14.8. The van der Waals surface area contributed by atoms with Crippen molar-refractivity contribution < 1.29 is 0 Å². The Bertz CT molecular complexity index is 139. The number of nitrogens with one attached hydrogen (secondary N) is 1. The van der Waals surface area contributed by atoms with Gasteiger partial charge in [-0.2, -0.15) is 0 Å². The van der Waals surface area contributed by atoms with Gasteiger partial charge in [0.2, 0.25) is 0 Å². The molecule has 0 fully saturated rings. The Morgan fingerprint density at radius 1 is 1.17 bits per heavy atom. The van der Waals surface area contributed by atoms with E-state index in [1.807, 2.05) is 7.05 Å². The first-order valence-corrected chi connectivity index (χ1v) is 4.87. The van der Waals surface area contributed by atoms with Crippen LogP contribution in [0.25, 0.3) is 0 Å². The van der Waals surface area contributed by atoms with Crippen molar-refractivity contribution in [2.75, 3.05) is 13.6 Å². The monoisotopic (exact) mass is 167 g/mol. The van der Waals surface area contributed by atoms with Gasteiger partial charge in [-0.1, -0.05) is 32.6 Å². The van der Waals surface area contributed by atoms with Crippen molar-refractivity contribution in [3.8, 4) is 11.8 Å². The third kappa shape index (κ3) is 9.52. The zero-order chi connectivity index (χ0) is 9.23. The van der Waals surface area contributed by atoms with Gasteiger partial charge in [-0.15, -0.1) is 5.92 Å². The third-order valence-electron chi connectivity index (χ3n) is 1.72. The van der Waals surface area contributed by atoms with E-state index in [-0.39, 0.29) is 0 Å². The molecule has 1 nitrogen and oxygen atoms in total. The molecule has 0 unspecified atom stereocenters. The quantitative estimate of drug-likeness (QED) is 0.490. The molecule has 0 spiro atoms. The Morgan fingerprint density at radius 3 is 2.50 bits per heavy atom. The van der Waals surface area contributed by atoms with Crippen molar-refractivity contribution in [1.82, 2.24) is 5.32 Å². The molecule has 0 saturated heterocycles. The summed E-state index contributed by atoms with van der Waals surface area (Å²) in [4.78, 5) is 0. The zero-order valence-electron chi connectivity index (χ0n) is 8.61. The van der Waals surface area contributed by atoms with Crippen LogP contribution in [-0.4, -0.2) is 13.6 Å². The molecule has 0 aliphatic carbocycles. The molecule has 0 aliphatic heterocycles. The lowest BCUT2D eigenvalue weighted by Gasteiger charge is -2.00. The van der Waals surface area contributed by atoms with Crippen LogP contribution in [0.1, 0.15) is 39.5 Å². The maximum Gasteiger partial charge on any atom is 0.0574 e. The molecule has 1 N–H and O–H groups in total. The summed E-state index contributed by atoms with van der Waals surface area (Å²) < 4.78 is 0. The molecule has 0 amide bonds. The van der Waals surface area contributed by atoms with Crippen molar-refractivity contribution >= 4 is 0 Å². The molecule has 70 valence electrons. The van der Waals surface area contributed by atoms with Crippen LogP contribution >= 0.6 is 0 Å². The van der Waals surface area contributed by atoms with Gasteiger partial charge >= 0.3 is 0 Å². The predicted molar refractivity (Wildman–Crippen MR) is 55.0 cm³/mol. The molecule has 12 heavy (non-hydrogen) atoms. The SMILES string of the molecule is CNCC#CCCCCC(C)C. The van der Waals surface area contributed by atoms with Crippen LogP contribution in [0.5, 0.6) is 0 Å². The van der Waals surface area contributed by atoms with Crippen molar-refractivity contribution in [3.05, 3.63) is 0 Å². The summed E-state index contributed by atoms with van der Waals surface area (Å²) in [6.45, 7) is 5.36. The molecule has 0 saturated carbocycles. The fourth-order valence-corrected chi connectivity index (χ4v) is 1.01. The average molecular weight is 167 g/mol. The van der Waals surface area contributed by atoms with Crippen LogP contribution in [0.2, 0.25) is 0 Å². The minimum atomic E-state index is 0.824. The molecule has 0 aromatic carbocycles. The molecular weight excluding hydrogens is 146 g/mol. The molecular formula is C11H21N. The van der Waals surface area contributed by atoms with E-state index in [2.05, 4.69) is 31.0 Å². The summed E-state index contributed by atoms with van der Waals surface area (Å²) >= 11 is 0. The van der Waals surface area contributed by atoms with Gasteiger partial charge in [0.05, 0.1) is 6.54 Å². The fourth-order valence-electron chi connectivity index (χ4n) is 1.01. The van der Waals surface area contributed by atoms with E-state index in [1.54, 1.807) is 0 Å². The van der Waals surface area contributed by atoms with E-state index in [4.69, 9.17) is 0 Å². The van der Waals surface area contributed by atoms with Gasteiger partial charge in [0, 0.05) is 6.42 Å². The summed E-state index contributed by atoms with van der Waals surface area (Å²) in [5.41, 5.74) is 0. The van der Waals surface area contributed by atoms with Crippen molar-refractivity contribution in [2.45, 2.75) is 39.5 Å². The largest absolute Gasteiger partial charge is 0.309 e. The number of hydrogen-bond donors (Lipinski definition) is 1. The van der Waals surface area contributed by atoms with E-state index in [9.17, 15) is 0 Å². The van der Waals surface area contributed by atoms with Gasteiger partial charge in [-0.05, 0) is 19.4 Å². The lowest BCUT2D eigenvalue weighted by atomic mass is 10.1. The standard InChI is InChI=1S/C11H21N/c1-11(2)9-7-5-4-6-8-10-12-3/h11-12H,4-5,7,9-10H2,1-3H3.